The molecule has 0 saturated carbocycles. The number of allylic oxidation sites excluding steroid dienone is 4. The van der Waals surface area contributed by atoms with Crippen molar-refractivity contribution >= 4 is 10.9 Å². The average molecular weight is 298 g/mol. The zero-order chi connectivity index (χ0) is 16.1. The topological polar surface area (TPSA) is 8.17 Å². The molecule has 0 aliphatic rings. The molecule has 0 aliphatic heterocycles. The van der Waals surface area contributed by atoms with E-state index in [0.29, 0.717) is 5.70 Å². The first kappa shape index (κ1) is 16.1. The lowest BCUT2D eigenvalue weighted by Gasteiger charge is -2.28. The molecule has 0 aliphatic carbocycles. The maximum atomic E-state index is 14.3. The van der Waals surface area contributed by atoms with Crippen molar-refractivity contribution in [3.8, 4) is 0 Å². The van der Waals surface area contributed by atoms with Crippen molar-refractivity contribution in [2.75, 3.05) is 11.6 Å². The zero-order valence-electron chi connectivity index (χ0n) is 13.5. The van der Waals surface area contributed by atoms with Crippen molar-refractivity contribution in [1.82, 2.24) is 4.68 Å². The Morgan fingerprint density at radius 1 is 1.36 bits per heavy atom. The summed E-state index contributed by atoms with van der Waals surface area (Å²) in [4.78, 5) is 0. The molecule has 2 nitrogen and oxygen atoms in total. The normalized spacial score (nSPS) is 12.7. The summed E-state index contributed by atoms with van der Waals surface area (Å²) in [5.74, 6) is -0.246. The number of rotatable bonds is 6. The molecule has 1 heterocycles. The smallest absolute Gasteiger partial charge is 0.144 e. The summed E-state index contributed by atoms with van der Waals surface area (Å²) in [6.45, 7) is 10.3. The van der Waals surface area contributed by atoms with E-state index < -0.39 is 0 Å². The summed E-state index contributed by atoms with van der Waals surface area (Å²) in [6, 6.07) is 8.18. The monoisotopic (exact) mass is 298 g/mol. The average Bonchev–Trinajstić information content (AvgIpc) is 2.87. The lowest BCUT2D eigenvalue weighted by Crippen LogP contribution is -2.34. The van der Waals surface area contributed by atoms with Crippen LogP contribution in [-0.2, 0) is 0 Å². The standard InChI is InChI=1S/C19H23FN2/c1-5-10-19(17(20)7-3)21(13-6-2)22-14-15(4)16-11-8-9-12-18(16)22/h5,7-12,14H,1,6,13H2,2-4H3/b17-7+,19-10+. The van der Waals surface area contributed by atoms with E-state index in [1.165, 1.54) is 17.0 Å². The minimum atomic E-state index is -0.246. The van der Waals surface area contributed by atoms with Crippen molar-refractivity contribution in [3.05, 3.63) is 72.4 Å². The van der Waals surface area contributed by atoms with E-state index in [9.17, 15) is 4.39 Å². The number of hydrogen-bond acceptors (Lipinski definition) is 1. The third-order valence-corrected chi connectivity index (χ3v) is 3.64. The largest absolute Gasteiger partial charge is 0.278 e. The van der Waals surface area contributed by atoms with Gasteiger partial charge in [-0.15, -0.1) is 0 Å². The highest BCUT2D eigenvalue weighted by atomic mass is 19.1. The first-order valence-corrected chi connectivity index (χ1v) is 7.63. The lowest BCUT2D eigenvalue weighted by atomic mass is 10.2. The molecule has 0 radical (unpaired) electrons. The maximum absolute atomic E-state index is 14.3. The summed E-state index contributed by atoms with van der Waals surface area (Å²) in [6.07, 6.45) is 7.79. The Bertz CT molecular complexity index is 722. The van der Waals surface area contributed by atoms with Gasteiger partial charge < -0.3 is 0 Å². The summed E-state index contributed by atoms with van der Waals surface area (Å²) in [5.41, 5.74) is 2.78. The molecule has 1 aromatic heterocycles. The van der Waals surface area contributed by atoms with E-state index in [2.05, 4.69) is 38.8 Å². The number of aromatic nitrogens is 1. The molecule has 3 heteroatoms. The molecule has 0 spiro atoms. The number of halogens is 1. The second kappa shape index (κ2) is 7.12. The van der Waals surface area contributed by atoms with Gasteiger partial charge in [0.1, 0.15) is 5.83 Å². The Morgan fingerprint density at radius 3 is 2.73 bits per heavy atom. The quantitative estimate of drug-likeness (QED) is 0.662. The van der Waals surface area contributed by atoms with Crippen LogP contribution in [0.1, 0.15) is 25.8 Å². The van der Waals surface area contributed by atoms with Crippen LogP contribution in [0.2, 0.25) is 0 Å². The molecule has 116 valence electrons. The van der Waals surface area contributed by atoms with Gasteiger partial charge in [-0.1, -0.05) is 37.8 Å². The molecule has 0 fully saturated rings. The van der Waals surface area contributed by atoms with Gasteiger partial charge in [0.2, 0.25) is 0 Å². The Hall–Kier alpha value is -2.29. The van der Waals surface area contributed by atoms with Crippen LogP contribution >= 0.6 is 0 Å². The van der Waals surface area contributed by atoms with Crippen molar-refractivity contribution in [2.24, 2.45) is 0 Å². The number of para-hydroxylation sites is 1. The molecule has 1 aromatic carbocycles. The number of fused-ring (bicyclic) bond motifs is 1. The maximum Gasteiger partial charge on any atom is 0.144 e. The summed E-state index contributed by atoms with van der Waals surface area (Å²) in [5, 5.41) is 3.15. The SMILES string of the molecule is C=C/C=C(\C(F)=C/C)N(CCC)n1cc(C)c2ccccc21. The van der Waals surface area contributed by atoms with Crippen LogP contribution in [0.15, 0.2) is 66.8 Å². The van der Waals surface area contributed by atoms with Crippen molar-refractivity contribution in [1.29, 1.82) is 0 Å². The van der Waals surface area contributed by atoms with E-state index >= 15 is 0 Å². The summed E-state index contributed by atoms with van der Waals surface area (Å²) in [7, 11) is 0. The third kappa shape index (κ3) is 2.98. The number of aryl methyl sites for hydroxylation is 1. The molecule has 0 unspecified atom stereocenters. The van der Waals surface area contributed by atoms with E-state index in [1.807, 2.05) is 21.8 Å². The predicted molar refractivity (Wildman–Crippen MR) is 93.2 cm³/mol. The second-order valence-corrected chi connectivity index (χ2v) is 5.22. The molecule has 0 amide bonds. The van der Waals surface area contributed by atoms with E-state index in [0.717, 1.165) is 18.5 Å². The van der Waals surface area contributed by atoms with Crippen molar-refractivity contribution in [3.63, 3.8) is 0 Å². The van der Waals surface area contributed by atoms with Crippen LogP contribution in [0.5, 0.6) is 0 Å². The van der Waals surface area contributed by atoms with Crippen LogP contribution in [0.3, 0.4) is 0 Å². The molecule has 2 aromatic rings. The number of hydrogen-bond donors (Lipinski definition) is 0. The highest BCUT2D eigenvalue weighted by Gasteiger charge is 2.17. The Labute approximate surface area is 131 Å². The van der Waals surface area contributed by atoms with Crippen LogP contribution in [0, 0.1) is 6.92 Å². The molecular weight excluding hydrogens is 275 g/mol. The highest BCUT2D eigenvalue weighted by molar-refractivity contribution is 5.84. The zero-order valence-corrected chi connectivity index (χ0v) is 13.5. The van der Waals surface area contributed by atoms with Crippen molar-refractivity contribution in [2.45, 2.75) is 27.2 Å². The van der Waals surface area contributed by atoms with Gasteiger partial charge in [-0.25, -0.2) is 4.39 Å². The van der Waals surface area contributed by atoms with Crippen molar-refractivity contribution < 1.29 is 4.39 Å². The minimum Gasteiger partial charge on any atom is -0.278 e. The van der Waals surface area contributed by atoms with Gasteiger partial charge >= 0.3 is 0 Å². The van der Waals surface area contributed by atoms with Gasteiger partial charge in [-0.3, -0.25) is 9.69 Å². The number of nitrogens with zero attached hydrogens (tertiary/aromatic N) is 2. The van der Waals surface area contributed by atoms with Gasteiger partial charge in [-0.05, 0) is 44.1 Å². The summed E-state index contributed by atoms with van der Waals surface area (Å²) >= 11 is 0. The van der Waals surface area contributed by atoms with Gasteiger partial charge in [0.15, 0.2) is 0 Å². The third-order valence-electron chi connectivity index (χ3n) is 3.64. The Balaban J connectivity index is 2.64. The van der Waals surface area contributed by atoms with Crippen LogP contribution in [0.25, 0.3) is 10.9 Å². The second-order valence-electron chi connectivity index (χ2n) is 5.22. The Kier molecular flexibility index (Phi) is 5.21. The Morgan fingerprint density at radius 2 is 2.09 bits per heavy atom. The minimum absolute atomic E-state index is 0.246. The molecule has 2 rings (SSSR count). The van der Waals surface area contributed by atoms with Gasteiger partial charge in [0, 0.05) is 18.1 Å². The van der Waals surface area contributed by atoms with E-state index in [1.54, 1.807) is 19.1 Å². The van der Waals surface area contributed by atoms with E-state index in [-0.39, 0.29) is 5.83 Å². The molecule has 0 saturated heterocycles. The highest BCUT2D eigenvalue weighted by Crippen LogP contribution is 2.25. The van der Waals surface area contributed by atoms with Crippen LogP contribution < -0.4 is 5.01 Å². The van der Waals surface area contributed by atoms with Gasteiger partial charge in [-0.2, -0.15) is 0 Å². The van der Waals surface area contributed by atoms with Crippen LogP contribution in [-0.4, -0.2) is 11.2 Å². The molecule has 0 bridgehead atoms. The van der Waals surface area contributed by atoms with Crippen LogP contribution in [0.4, 0.5) is 4.39 Å². The fourth-order valence-electron chi connectivity index (χ4n) is 2.63. The molecule has 22 heavy (non-hydrogen) atoms. The van der Waals surface area contributed by atoms with Gasteiger partial charge in [0.25, 0.3) is 0 Å². The predicted octanol–water partition coefficient (Wildman–Crippen LogP) is 5.24. The molecule has 0 atom stereocenters. The van der Waals surface area contributed by atoms with Gasteiger partial charge in [0.05, 0.1) is 11.2 Å². The number of benzene rings is 1. The molecule has 0 N–H and O–H groups in total. The fraction of sp³-hybridized carbons (Fsp3) is 0.263. The first-order chi connectivity index (χ1) is 10.6. The fourth-order valence-corrected chi connectivity index (χ4v) is 2.63. The van der Waals surface area contributed by atoms with E-state index in [4.69, 9.17) is 0 Å². The summed E-state index contributed by atoms with van der Waals surface area (Å²) < 4.78 is 16.4. The lowest BCUT2D eigenvalue weighted by molar-refractivity contribution is 0.588. The molecular formula is C19H23FN2. The first-order valence-electron chi connectivity index (χ1n) is 7.63.